The van der Waals surface area contributed by atoms with Crippen molar-refractivity contribution >= 4 is 10.9 Å². The highest BCUT2D eigenvalue weighted by molar-refractivity contribution is 5.80. The zero-order chi connectivity index (χ0) is 9.97. The van der Waals surface area contributed by atoms with Gasteiger partial charge in [-0.05, 0) is 25.1 Å². The number of hydrogen-bond donors (Lipinski definition) is 0. The topological polar surface area (TPSA) is 4.93 Å². The number of rotatable bonds is 2. The Kier molecular flexibility index (Phi) is 2.35. The maximum absolute atomic E-state index is 13.3. The van der Waals surface area contributed by atoms with Gasteiger partial charge in [-0.2, -0.15) is 0 Å². The third-order valence-corrected chi connectivity index (χ3v) is 2.30. The van der Waals surface area contributed by atoms with E-state index in [4.69, 9.17) is 0 Å². The first-order valence-electron chi connectivity index (χ1n) is 4.67. The predicted molar refractivity (Wildman–Crippen MR) is 56.7 cm³/mol. The van der Waals surface area contributed by atoms with Crippen LogP contribution in [-0.4, -0.2) is 4.57 Å². The van der Waals surface area contributed by atoms with Crippen LogP contribution in [0, 0.1) is 5.82 Å². The molecule has 0 unspecified atom stereocenters. The summed E-state index contributed by atoms with van der Waals surface area (Å²) in [5, 5.41) is 0.692. The van der Waals surface area contributed by atoms with E-state index in [0.717, 1.165) is 12.1 Å². The second-order valence-electron chi connectivity index (χ2n) is 3.21. The number of benzene rings is 1. The Morgan fingerprint density at radius 1 is 1.36 bits per heavy atom. The predicted octanol–water partition coefficient (Wildman–Crippen LogP) is 3.36. The lowest BCUT2D eigenvalue weighted by Crippen LogP contribution is -1.92. The third kappa shape index (κ3) is 1.43. The molecule has 0 N–H and O–H groups in total. The maximum Gasteiger partial charge on any atom is 0.132 e. The minimum absolute atomic E-state index is 0.151. The first-order chi connectivity index (χ1) is 6.83. The van der Waals surface area contributed by atoms with E-state index in [0.29, 0.717) is 5.39 Å². The molecule has 2 aromatic rings. The molecule has 0 atom stereocenters. The summed E-state index contributed by atoms with van der Waals surface area (Å²) in [7, 11) is 0. The second kappa shape index (κ2) is 3.66. The van der Waals surface area contributed by atoms with Crippen LogP contribution in [0.25, 0.3) is 10.9 Å². The molecule has 0 aliphatic rings. The van der Waals surface area contributed by atoms with E-state index in [2.05, 4.69) is 0 Å². The number of allylic oxidation sites excluding steroid dienone is 2. The summed E-state index contributed by atoms with van der Waals surface area (Å²) in [5.74, 6) is -0.151. The SMILES string of the molecule is C/C=C/Cn1ccc2c(F)cccc21. The summed E-state index contributed by atoms with van der Waals surface area (Å²) in [4.78, 5) is 0. The van der Waals surface area contributed by atoms with Gasteiger partial charge in [0.2, 0.25) is 0 Å². The number of aromatic nitrogens is 1. The molecule has 0 saturated carbocycles. The monoisotopic (exact) mass is 189 g/mol. The normalized spacial score (nSPS) is 11.6. The Labute approximate surface area is 82.5 Å². The van der Waals surface area contributed by atoms with E-state index in [1.54, 1.807) is 6.07 Å². The Morgan fingerprint density at radius 3 is 3.00 bits per heavy atom. The molecule has 0 amide bonds. The maximum atomic E-state index is 13.3. The van der Waals surface area contributed by atoms with Crippen molar-refractivity contribution in [2.24, 2.45) is 0 Å². The van der Waals surface area contributed by atoms with E-state index in [9.17, 15) is 4.39 Å². The van der Waals surface area contributed by atoms with Gasteiger partial charge in [0.05, 0.1) is 5.52 Å². The molecule has 0 aliphatic heterocycles. The van der Waals surface area contributed by atoms with Gasteiger partial charge in [0, 0.05) is 18.1 Å². The van der Waals surface area contributed by atoms with Crippen molar-refractivity contribution in [2.45, 2.75) is 13.5 Å². The van der Waals surface area contributed by atoms with Gasteiger partial charge in [0.15, 0.2) is 0 Å². The van der Waals surface area contributed by atoms with Gasteiger partial charge >= 0.3 is 0 Å². The zero-order valence-corrected chi connectivity index (χ0v) is 8.07. The summed E-state index contributed by atoms with van der Waals surface area (Å²) >= 11 is 0. The van der Waals surface area contributed by atoms with Gasteiger partial charge in [-0.25, -0.2) is 4.39 Å². The summed E-state index contributed by atoms with van der Waals surface area (Å²) < 4.78 is 15.3. The molecular weight excluding hydrogens is 177 g/mol. The molecule has 2 heteroatoms. The van der Waals surface area contributed by atoms with Crippen LogP contribution in [-0.2, 0) is 6.54 Å². The molecule has 14 heavy (non-hydrogen) atoms. The molecule has 0 saturated heterocycles. The van der Waals surface area contributed by atoms with Crippen LogP contribution in [0.3, 0.4) is 0 Å². The lowest BCUT2D eigenvalue weighted by molar-refractivity contribution is 0.639. The average Bonchev–Trinajstić information content (AvgIpc) is 2.60. The fourth-order valence-corrected chi connectivity index (χ4v) is 1.56. The fraction of sp³-hybridized carbons (Fsp3) is 0.167. The highest BCUT2D eigenvalue weighted by Crippen LogP contribution is 2.18. The van der Waals surface area contributed by atoms with Gasteiger partial charge in [-0.15, -0.1) is 0 Å². The van der Waals surface area contributed by atoms with Gasteiger partial charge in [0.1, 0.15) is 5.82 Å². The van der Waals surface area contributed by atoms with Crippen LogP contribution >= 0.6 is 0 Å². The van der Waals surface area contributed by atoms with Crippen LogP contribution in [0.5, 0.6) is 0 Å². The minimum atomic E-state index is -0.151. The molecular formula is C12H12FN. The van der Waals surface area contributed by atoms with Gasteiger partial charge < -0.3 is 4.57 Å². The average molecular weight is 189 g/mol. The van der Waals surface area contributed by atoms with E-state index in [-0.39, 0.29) is 5.82 Å². The third-order valence-electron chi connectivity index (χ3n) is 2.30. The Balaban J connectivity index is 2.52. The largest absolute Gasteiger partial charge is 0.344 e. The molecule has 1 aromatic heterocycles. The van der Waals surface area contributed by atoms with Crippen molar-refractivity contribution in [1.82, 2.24) is 4.57 Å². The second-order valence-corrected chi connectivity index (χ2v) is 3.21. The summed E-state index contributed by atoms with van der Waals surface area (Å²) in [5.41, 5.74) is 0.947. The molecule has 0 radical (unpaired) electrons. The Bertz CT molecular complexity index is 468. The number of nitrogens with zero attached hydrogens (tertiary/aromatic N) is 1. The lowest BCUT2D eigenvalue weighted by atomic mass is 10.2. The first-order valence-corrected chi connectivity index (χ1v) is 4.67. The van der Waals surface area contributed by atoms with Crippen molar-refractivity contribution in [1.29, 1.82) is 0 Å². The van der Waals surface area contributed by atoms with Crippen LogP contribution in [0.15, 0.2) is 42.6 Å². The summed E-state index contributed by atoms with van der Waals surface area (Å²) in [6.07, 6.45) is 5.95. The fourth-order valence-electron chi connectivity index (χ4n) is 1.56. The van der Waals surface area contributed by atoms with Crippen molar-refractivity contribution < 1.29 is 4.39 Å². The standard InChI is InChI=1S/C12H12FN/c1-2-3-8-14-9-7-10-11(13)5-4-6-12(10)14/h2-7,9H,8H2,1H3/b3-2+. The Hall–Kier alpha value is -1.57. The van der Waals surface area contributed by atoms with E-state index < -0.39 is 0 Å². The summed E-state index contributed by atoms with van der Waals surface area (Å²) in [6.45, 7) is 2.77. The number of halogens is 1. The van der Waals surface area contributed by atoms with E-state index in [1.807, 2.05) is 42.0 Å². The molecule has 0 spiro atoms. The van der Waals surface area contributed by atoms with Gasteiger partial charge in [-0.1, -0.05) is 18.2 Å². The van der Waals surface area contributed by atoms with E-state index in [1.165, 1.54) is 6.07 Å². The Morgan fingerprint density at radius 2 is 2.21 bits per heavy atom. The van der Waals surface area contributed by atoms with Crippen LogP contribution < -0.4 is 0 Å². The number of fused-ring (bicyclic) bond motifs is 1. The van der Waals surface area contributed by atoms with Gasteiger partial charge in [0.25, 0.3) is 0 Å². The molecule has 0 bridgehead atoms. The smallest absolute Gasteiger partial charge is 0.132 e. The minimum Gasteiger partial charge on any atom is -0.344 e. The summed E-state index contributed by atoms with van der Waals surface area (Å²) in [6, 6.07) is 6.97. The molecule has 0 aliphatic carbocycles. The van der Waals surface area contributed by atoms with Crippen molar-refractivity contribution in [3.63, 3.8) is 0 Å². The molecule has 72 valence electrons. The molecule has 1 nitrogen and oxygen atoms in total. The molecule has 0 fully saturated rings. The van der Waals surface area contributed by atoms with Crippen molar-refractivity contribution in [3.8, 4) is 0 Å². The molecule has 2 rings (SSSR count). The highest BCUT2D eigenvalue weighted by atomic mass is 19.1. The van der Waals surface area contributed by atoms with E-state index >= 15 is 0 Å². The van der Waals surface area contributed by atoms with Crippen molar-refractivity contribution in [2.75, 3.05) is 0 Å². The quantitative estimate of drug-likeness (QED) is 0.638. The first kappa shape index (κ1) is 9.00. The van der Waals surface area contributed by atoms with Crippen LogP contribution in [0.2, 0.25) is 0 Å². The molecule has 1 aromatic carbocycles. The van der Waals surface area contributed by atoms with Crippen molar-refractivity contribution in [3.05, 3.63) is 48.4 Å². The lowest BCUT2D eigenvalue weighted by Gasteiger charge is -2.00. The number of hydrogen-bond acceptors (Lipinski definition) is 0. The van der Waals surface area contributed by atoms with Gasteiger partial charge in [-0.3, -0.25) is 0 Å². The highest BCUT2D eigenvalue weighted by Gasteiger charge is 2.02. The van der Waals surface area contributed by atoms with Crippen LogP contribution in [0.1, 0.15) is 6.92 Å². The van der Waals surface area contributed by atoms with Crippen LogP contribution in [0.4, 0.5) is 4.39 Å². The molecule has 1 heterocycles. The zero-order valence-electron chi connectivity index (χ0n) is 8.07.